The number of thioether (sulfide) groups is 1. The topological polar surface area (TPSA) is 53.4 Å². The molecule has 0 aliphatic rings. The second-order valence-electron chi connectivity index (χ2n) is 2.59. The van der Waals surface area contributed by atoms with Crippen molar-refractivity contribution in [1.82, 2.24) is 4.98 Å². The van der Waals surface area contributed by atoms with Crippen molar-refractivity contribution in [3.05, 3.63) is 21.8 Å². The molecule has 0 saturated heterocycles. The van der Waals surface area contributed by atoms with Crippen LogP contribution >= 0.6 is 39.3 Å². The Balaban J connectivity index is 2.59. The third-order valence-corrected chi connectivity index (χ3v) is 3.38. The van der Waals surface area contributed by atoms with Gasteiger partial charge < -0.3 is 10.2 Å². The van der Waals surface area contributed by atoms with Crippen molar-refractivity contribution in [1.29, 1.82) is 0 Å². The van der Waals surface area contributed by atoms with E-state index in [-0.39, 0.29) is 6.61 Å². The molecule has 1 unspecified atom stereocenters. The molecule has 0 radical (unpaired) electrons. The van der Waals surface area contributed by atoms with Crippen molar-refractivity contribution in [3.8, 4) is 0 Å². The van der Waals surface area contributed by atoms with Crippen molar-refractivity contribution in [2.45, 2.75) is 11.1 Å². The molecule has 3 nitrogen and oxygen atoms in total. The van der Waals surface area contributed by atoms with Crippen LogP contribution in [0.1, 0.15) is 0 Å². The van der Waals surface area contributed by atoms with Crippen molar-refractivity contribution < 1.29 is 10.2 Å². The van der Waals surface area contributed by atoms with Crippen LogP contribution in [-0.4, -0.2) is 33.7 Å². The van der Waals surface area contributed by atoms with Gasteiger partial charge >= 0.3 is 0 Å². The molecule has 0 spiro atoms. The third kappa shape index (κ3) is 3.74. The Morgan fingerprint density at radius 2 is 2.36 bits per heavy atom. The van der Waals surface area contributed by atoms with Gasteiger partial charge in [0, 0.05) is 16.4 Å². The number of hydrogen-bond acceptors (Lipinski definition) is 4. The Bertz CT molecular complexity index is 313. The molecule has 0 fully saturated rings. The molecule has 0 amide bonds. The number of halogens is 2. The summed E-state index contributed by atoms with van der Waals surface area (Å²) in [6.07, 6.45) is 0.904. The first-order chi connectivity index (χ1) is 6.63. The number of aliphatic hydroxyl groups is 2. The molecule has 0 saturated carbocycles. The molecule has 0 bridgehead atoms. The molecule has 2 N–H and O–H groups in total. The summed E-state index contributed by atoms with van der Waals surface area (Å²) in [5.74, 6) is 0.380. The normalized spacial score (nSPS) is 12.9. The van der Waals surface area contributed by atoms with E-state index in [0.29, 0.717) is 15.8 Å². The summed E-state index contributed by atoms with van der Waals surface area (Å²) in [7, 11) is 0. The lowest BCUT2D eigenvalue weighted by Crippen LogP contribution is -2.14. The van der Waals surface area contributed by atoms with E-state index in [9.17, 15) is 0 Å². The highest BCUT2D eigenvalue weighted by Crippen LogP contribution is 2.27. The largest absolute Gasteiger partial charge is 0.394 e. The summed E-state index contributed by atoms with van der Waals surface area (Å²) in [4.78, 5) is 4.08. The molecular weight excluding hydrogens is 290 g/mol. The monoisotopic (exact) mass is 297 g/mol. The number of nitrogens with zero attached hydrogens (tertiary/aromatic N) is 1. The number of aromatic nitrogens is 1. The molecular formula is C8H9BrClNO2S. The van der Waals surface area contributed by atoms with Crippen LogP contribution in [0.4, 0.5) is 0 Å². The van der Waals surface area contributed by atoms with E-state index in [1.54, 1.807) is 12.3 Å². The van der Waals surface area contributed by atoms with Crippen LogP contribution in [-0.2, 0) is 0 Å². The number of hydrogen-bond donors (Lipinski definition) is 2. The summed E-state index contributed by atoms with van der Waals surface area (Å²) in [5.41, 5.74) is 0. The fourth-order valence-electron chi connectivity index (χ4n) is 0.736. The highest BCUT2D eigenvalue weighted by molar-refractivity contribution is 9.10. The Labute approximate surface area is 99.6 Å². The predicted molar refractivity (Wildman–Crippen MR) is 60.8 cm³/mol. The van der Waals surface area contributed by atoms with Gasteiger partial charge in [-0.15, -0.1) is 11.8 Å². The van der Waals surface area contributed by atoms with E-state index in [0.717, 1.165) is 4.47 Å². The minimum Gasteiger partial charge on any atom is -0.394 e. The SMILES string of the molecule is OCC(O)CSc1ncc(Br)cc1Cl. The minimum absolute atomic E-state index is 0.249. The van der Waals surface area contributed by atoms with Crippen LogP contribution in [0.15, 0.2) is 21.8 Å². The molecule has 1 aromatic rings. The summed E-state index contributed by atoms with van der Waals surface area (Å²) in [5, 5.41) is 18.9. The van der Waals surface area contributed by atoms with Gasteiger partial charge in [-0.05, 0) is 22.0 Å². The van der Waals surface area contributed by atoms with Gasteiger partial charge in [-0.3, -0.25) is 0 Å². The molecule has 1 rings (SSSR count). The van der Waals surface area contributed by atoms with E-state index in [2.05, 4.69) is 20.9 Å². The molecule has 78 valence electrons. The standard InChI is InChI=1S/C8H9BrClNO2S/c9-5-1-7(10)8(11-2-5)14-4-6(13)3-12/h1-2,6,12-13H,3-4H2. The van der Waals surface area contributed by atoms with Crippen molar-refractivity contribution in [3.63, 3.8) is 0 Å². The van der Waals surface area contributed by atoms with E-state index in [1.807, 2.05) is 0 Å². The molecule has 1 heterocycles. The van der Waals surface area contributed by atoms with Crippen LogP contribution in [0, 0.1) is 0 Å². The lowest BCUT2D eigenvalue weighted by Gasteiger charge is -2.06. The summed E-state index contributed by atoms with van der Waals surface area (Å²) >= 11 is 10.5. The summed E-state index contributed by atoms with van der Waals surface area (Å²) in [6, 6.07) is 1.74. The quantitative estimate of drug-likeness (QED) is 0.834. The van der Waals surface area contributed by atoms with Crippen LogP contribution in [0.5, 0.6) is 0 Å². The fraction of sp³-hybridized carbons (Fsp3) is 0.375. The van der Waals surface area contributed by atoms with E-state index >= 15 is 0 Å². The second-order valence-corrected chi connectivity index (χ2v) is 4.92. The highest BCUT2D eigenvalue weighted by Gasteiger charge is 2.07. The maximum atomic E-state index is 9.11. The molecule has 0 aliphatic carbocycles. The Morgan fingerprint density at radius 3 is 2.93 bits per heavy atom. The van der Waals surface area contributed by atoms with Gasteiger partial charge in [0.05, 0.1) is 17.7 Å². The number of rotatable bonds is 4. The predicted octanol–water partition coefficient (Wildman–Crippen LogP) is 1.94. The van der Waals surface area contributed by atoms with Gasteiger partial charge in [0.25, 0.3) is 0 Å². The zero-order valence-electron chi connectivity index (χ0n) is 7.15. The van der Waals surface area contributed by atoms with E-state index < -0.39 is 6.10 Å². The van der Waals surface area contributed by atoms with Gasteiger partial charge in [0.1, 0.15) is 5.03 Å². The fourth-order valence-corrected chi connectivity index (χ4v) is 2.31. The average molecular weight is 299 g/mol. The molecule has 1 aromatic heterocycles. The second kappa shape index (κ2) is 5.92. The molecule has 0 aromatic carbocycles. The first-order valence-electron chi connectivity index (χ1n) is 3.86. The summed E-state index contributed by atoms with van der Waals surface area (Å²) < 4.78 is 0.814. The maximum absolute atomic E-state index is 9.11. The van der Waals surface area contributed by atoms with Gasteiger partial charge in [-0.1, -0.05) is 11.6 Å². The lowest BCUT2D eigenvalue weighted by atomic mass is 10.4. The van der Waals surface area contributed by atoms with Crippen LogP contribution in [0.3, 0.4) is 0 Å². The number of pyridine rings is 1. The van der Waals surface area contributed by atoms with Gasteiger partial charge in [0.15, 0.2) is 0 Å². The minimum atomic E-state index is -0.735. The lowest BCUT2D eigenvalue weighted by molar-refractivity contribution is 0.113. The van der Waals surface area contributed by atoms with E-state index in [1.165, 1.54) is 11.8 Å². The maximum Gasteiger partial charge on any atom is 0.115 e. The van der Waals surface area contributed by atoms with Gasteiger partial charge in [0.2, 0.25) is 0 Å². The number of aliphatic hydroxyl groups excluding tert-OH is 2. The van der Waals surface area contributed by atoms with Gasteiger partial charge in [-0.25, -0.2) is 4.98 Å². The third-order valence-electron chi connectivity index (χ3n) is 1.40. The van der Waals surface area contributed by atoms with Crippen LogP contribution in [0.2, 0.25) is 5.02 Å². The molecule has 0 aliphatic heterocycles. The Hall–Kier alpha value is 0.190. The van der Waals surface area contributed by atoms with Crippen molar-refractivity contribution in [2.75, 3.05) is 12.4 Å². The zero-order chi connectivity index (χ0) is 10.6. The summed E-state index contributed by atoms with van der Waals surface area (Å²) in [6.45, 7) is -0.249. The molecule has 6 heteroatoms. The average Bonchev–Trinajstić information content (AvgIpc) is 2.16. The smallest absolute Gasteiger partial charge is 0.115 e. The van der Waals surface area contributed by atoms with Crippen molar-refractivity contribution >= 4 is 39.3 Å². The van der Waals surface area contributed by atoms with E-state index in [4.69, 9.17) is 21.8 Å². The first-order valence-corrected chi connectivity index (χ1v) is 6.02. The zero-order valence-corrected chi connectivity index (χ0v) is 10.3. The highest BCUT2D eigenvalue weighted by atomic mass is 79.9. The molecule has 1 atom stereocenters. The van der Waals surface area contributed by atoms with Gasteiger partial charge in [-0.2, -0.15) is 0 Å². The van der Waals surface area contributed by atoms with Crippen molar-refractivity contribution in [2.24, 2.45) is 0 Å². The Morgan fingerprint density at radius 1 is 1.64 bits per heavy atom. The van der Waals surface area contributed by atoms with Crippen LogP contribution in [0.25, 0.3) is 0 Å². The first kappa shape index (κ1) is 12.3. The Kier molecular flexibility index (Phi) is 5.19. The van der Waals surface area contributed by atoms with Crippen LogP contribution < -0.4 is 0 Å². The molecule has 14 heavy (non-hydrogen) atoms.